The first kappa shape index (κ1) is 18.3. The number of allylic oxidation sites excluding steroid dienone is 1. The van der Waals surface area contributed by atoms with E-state index in [4.69, 9.17) is 0 Å². The minimum atomic E-state index is -0.0344. The summed E-state index contributed by atoms with van der Waals surface area (Å²) in [6.07, 6.45) is 23.7. The Balaban J connectivity index is 1.86. The van der Waals surface area contributed by atoms with E-state index >= 15 is 0 Å². The SMILES string of the molecule is C=CC(=O)NC1C/C=C\C(C2CCCCCCCCC2)CCC1. The second kappa shape index (κ2) is 10.7. The van der Waals surface area contributed by atoms with E-state index in [0.717, 1.165) is 24.7 Å². The summed E-state index contributed by atoms with van der Waals surface area (Å²) in [7, 11) is 0. The summed E-state index contributed by atoms with van der Waals surface area (Å²) in [5.41, 5.74) is 0. The first-order chi connectivity index (χ1) is 11.3. The van der Waals surface area contributed by atoms with Crippen molar-refractivity contribution in [1.29, 1.82) is 0 Å². The van der Waals surface area contributed by atoms with Crippen LogP contribution in [0, 0.1) is 11.8 Å². The van der Waals surface area contributed by atoms with E-state index in [2.05, 4.69) is 24.0 Å². The molecule has 0 bridgehead atoms. The van der Waals surface area contributed by atoms with E-state index in [9.17, 15) is 4.79 Å². The lowest BCUT2D eigenvalue weighted by atomic mass is 9.78. The Bertz CT molecular complexity index is 377. The van der Waals surface area contributed by atoms with Crippen LogP contribution in [-0.4, -0.2) is 11.9 Å². The molecule has 0 spiro atoms. The number of hydrogen-bond acceptors (Lipinski definition) is 1. The number of nitrogens with one attached hydrogen (secondary N) is 1. The third-order valence-corrected chi connectivity index (χ3v) is 5.68. The van der Waals surface area contributed by atoms with Crippen molar-refractivity contribution in [3.63, 3.8) is 0 Å². The molecule has 0 heterocycles. The van der Waals surface area contributed by atoms with Crippen molar-refractivity contribution >= 4 is 5.91 Å². The van der Waals surface area contributed by atoms with Crippen molar-refractivity contribution in [1.82, 2.24) is 5.32 Å². The Morgan fingerprint density at radius 2 is 1.57 bits per heavy atom. The summed E-state index contributed by atoms with van der Waals surface area (Å²) in [6.45, 7) is 3.54. The quantitative estimate of drug-likeness (QED) is 0.537. The number of hydrogen-bond donors (Lipinski definition) is 1. The third kappa shape index (κ3) is 6.93. The molecule has 2 rings (SSSR count). The number of rotatable bonds is 3. The second-order valence-electron chi connectivity index (χ2n) is 7.48. The van der Waals surface area contributed by atoms with Crippen molar-refractivity contribution in [2.45, 2.75) is 89.5 Å². The monoisotopic (exact) mass is 317 g/mol. The Labute approximate surface area is 142 Å². The predicted molar refractivity (Wildman–Crippen MR) is 98.3 cm³/mol. The van der Waals surface area contributed by atoms with Gasteiger partial charge in [-0.05, 0) is 50.0 Å². The van der Waals surface area contributed by atoms with Crippen LogP contribution in [0.5, 0.6) is 0 Å². The molecule has 2 heteroatoms. The van der Waals surface area contributed by atoms with Crippen molar-refractivity contribution in [3.8, 4) is 0 Å². The number of amides is 1. The molecule has 2 atom stereocenters. The average Bonchev–Trinajstić information content (AvgIpc) is 2.55. The van der Waals surface area contributed by atoms with Gasteiger partial charge in [-0.2, -0.15) is 0 Å². The first-order valence-electron chi connectivity index (χ1n) is 9.89. The topological polar surface area (TPSA) is 29.1 Å². The summed E-state index contributed by atoms with van der Waals surface area (Å²) in [5, 5.41) is 3.06. The molecule has 0 aromatic carbocycles. The fourth-order valence-electron chi connectivity index (χ4n) is 4.29. The molecule has 0 aromatic heterocycles. The maximum Gasteiger partial charge on any atom is 0.243 e. The van der Waals surface area contributed by atoms with Gasteiger partial charge in [-0.15, -0.1) is 0 Å². The van der Waals surface area contributed by atoms with E-state index in [0.29, 0.717) is 6.04 Å². The Kier molecular flexibility index (Phi) is 8.49. The van der Waals surface area contributed by atoms with Gasteiger partial charge < -0.3 is 5.32 Å². The van der Waals surface area contributed by atoms with Crippen LogP contribution in [-0.2, 0) is 4.79 Å². The molecule has 0 radical (unpaired) electrons. The minimum absolute atomic E-state index is 0.0344. The molecule has 23 heavy (non-hydrogen) atoms. The van der Waals surface area contributed by atoms with E-state index in [1.54, 1.807) is 0 Å². The molecule has 2 unspecified atom stereocenters. The maximum atomic E-state index is 11.5. The molecule has 2 aliphatic carbocycles. The van der Waals surface area contributed by atoms with Crippen LogP contribution in [0.3, 0.4) is 0 Å². The molecule has 1 fully saturated rings. The van der Waals surface area contributed by atoms with Crippen LogP contribution >= 0.6 is 0 Å². The molecule has 0 aromatic rings. The molecular formula is C21H35NO. The summed E-state index contributed by atoms with van der Waals surface area (Å²) >= 11 is 0. The molecule has 0 aliphatic heterocycles. The third-order valence-electron chi connectivity index (χ3n) is 5.68. The number of carbonyl (C=O) groups excluding carboxylic acids is 1. The van der Waals surface area contributed by atoms with Gasteiger partial charge in [0.25, 0.3) is 0 Å². The van der Waals surface area contributed by atoms with Crippen molar-refractivity contribution in [3.05, 3.63) is 24.8 Å². The van der Waals surface area contributed by atoms with Crippen LogP contribution in [0.25, 0.3) is 0 Å². The standard InChI is InChI=1S/C21H35NO/c1-2-21(23)22-20-16-10-14-19(15-11-17-20)18-12-8-6-4-3-5-7-9-13-18/h2,10,14,18-20H,1,3-9,11-13,15-17H2,(H,22,23)/b14-10-. The van der Waals surface area contributed by atoms with Crippen molar-refractivity contribution < 1.29 is 4.79 Å². The highest BCUT2D eigenvalue weighted by Crippen LogP contribution is 2.32. The molecule has 1 N–H and O–H groups in total. The van der Waals surface area contributed by atoms with Gasteiger partial charge in [-0.25, -0.2) is 0 Å². The highest BCUT2D eigenvalue weighted by Gasteiger charge is 2.21. The number of carbonyl (C=O) groups is 1. The lowest BCUT2D eigenvalue weighted by molar-refractivity contribution is -0.117. The summed E-state index contributed by atoms with van der Waals surface area (Å²) < 4.78 is 0. The normalized spacial score (nSPS) is 29.7. The van der Waals surface area contributed by atoms with Crippen LogP contribution in [0.15, 0.2) is 24.8 Å². The van der Waals surface area contributed by atoms with Gasteiger partial charge >= 0.3 is 0 Å². The average molecular weight is 318 g/mol. The fourth-order valence-corrected chi connectivity index (χ4v) is 4.29. The molecule has 2 nitrogen and oxygen atoms in total. The molecule has 2 aliphatic rings. The summed E-state index contributed by atoms with van der Waals surface area (Å²) in [4.78, 5) is 11.5. The van der Waals surface area contributed by atoms with Crippen molar-refractivity contribution in [2.24, 2.45) is 11.8 Å². The van der Waals surface area contributed by atoms with Crippen LogP contribution < -0.4 is 5.32 Å². The molecule has 1 amide bonds. The highest BCUT2D eigenvalue weighted by molar-refractivity contribution is 5.87. The lowest BCUT2D eigenvalue weighted by Crippen LogP contribution is -2.33. The predicted octanol–water partition coefficient (Wildman–Crippen LogP) is 5.54. The van der Waals surface area contributed by atoms with E-state index in [1.165, 1.54) is 76.7 Å². The largest absolute Gasteiger partial charge is 0.350 e. The molecular weight excluding hydrogens is 282 g/mol. The van der Waals surface area contributed by atoms with Gasteiger partial charge in [0, 0.05) is 6.04 Å². The second-order valence-corrected chi connectivity index (χ2v) is 7.48. The Morgan fingerprint density at radius 1 is 0.913 bits per heavy atom. The highest BCUT2D eigenvalue weighted by atomic mass is 16.1. The summed E-state index contributed by atoms with van der Waals surface area (Å²) in [6, 6.07) is 0.293. The van der Waals surface area contributed by atoms with Gasteiger partial charge in [0.05, 0.1) is 0 Å². The van der Waals surface area contributed by atoms with Crippen LogP contribution in [0.4, 0.5) is 0 Å². The van der Waals surface area contributed by atoms with Gasteiger partial charge in [-0.3, -0.25) is 4.79 Å². The van der Waals surface area contributed by atoms with Gasteiger partial charge in [-0.1, -0.05) is 70.1 Å². The maximum absolute atomic E-state index is 11.5. The molecule has 130 valence electrons. The van der Waals surface area contributed by atoms with E-state index in [1.807, 2.05) is 0 Å². The van der Waals surface area contributed by atoms with Crippen LogP contribution in [0.2, 0.25) is 0 Å². The van der Waals surface area contributed by atoms with Crippen LogP contribution in [0.1, 0.15) is 83.5 Å². The zero-order chi connectivity index (χ0) is 16.3. The summed E-state index contributed by atoms with van der Waals surface area (Å²) in [5.74, 6) is 1.63. The Hall–Kier alpha value is -1.05. The molecule has 0 saturated heterocycles. The fraction of sp³-hybridized carbons (Fsp3) is 0.762. The van der Waals surface area contributed by atoms with Crippen molar-refractivity contribution in [2.75, 3.05) is 0 Å². The van der Waals surface area contributed by atoms with E-state index < -0.39 is 0 Å². The van der Waals surface area contributed by atoms with Gasteiger partial charge in [0.1, 0.15) is 0 Å². The first-order valence-corrected chi connectivity index (χ1v) is 9.89. The lowest BCUT2D eigenvalue weighted by Gasteiger charge is -2.28. The van der Waals surface area contributed by atoms with Gasteiger partial charge in [0.2, 0.25) is 5.91 Å². The smallest absolute Gasteiger partial charge is 0.243 e. The molecule has 1 saturated carbocycles. The van der Waals surface area contributed by atoms with Gasteiger partial charge in [0.15, 0.2) is 0 Å². The zero-order valence-electron chi connectivity index (χ0n) is 14.8. The minimum Gasteiger partial charge on any atom is -0.350 e. The zero-order valence-corrected chi connectivity index (χ0v) is 14.8. The Morgan fingerprint density at radius 3 is 2.22 bits per heavy atom. The van der Waals surface area contributed by atoms with E-state index in [-0.39, 0.29) is 5.91 Å².